The number of likely N-dealkylation sites (tertiary alicyclic amines) is 1. The van der Waals surface area contributed by atoms with Gasteiger partial charge >= 0.3 is 0 Å². The fraction of sp³-hybridized carbons (Fsp3) is 0.300. The van der Waals surface area contributed by atoms with E-state index in [1.165, 1.54) is 5.57 Å². The number of amides is 1. The zero-order valence-corrected chi connectivity index (χ0v) is 22.7. The predicted molar refractivity (Wildman–Crippen MR) is 151 cm³/mol. The molecule has 1 fully saturated rings. The highest BCUT2D eigenvalue weighted by Gasteiger charge is 2.39. The molecule has 1 saturated heterocycles. The van der Waals surface area contributed by atoms with Gasteiger partial charge in [0.1, 0.15) is 36.7 Å². The fourth-order valence-corrected chi connectivity index (χ4v) is 5.94. The number of ether oxygens (including phenoxy) is 2. The van der Waals surface area contributed by atoms with Gasteiger partial charge in [0.25, 0.3) is 0 Å². The topological polar surface area (TPSA) is 124 Å². The lowest BCUT2D eigenvalue weighted by atomic mass is 10.0. The molecule has 2 N–H and O–H groups in total. The number of nitrogens with two attached hydrogens (primary N) is 1. The minimum atomic E-state index is -0.337. The van der Waals surface area contributed by atoms with Crippen LogP contribution in [0.1, 0.15) is 30.5 Å². The molecule has 0 radical (unpaired) electrons. The number of nitrogens with zero attached hydrogens (tertiary/aromatic N) is 7. The van der Waals surface area contributed by atoms with Crippen LogP contribution in [0, 0.1) is 0 Å². The Morgan fingerprint density at radius 2 is 2.02 bits per heavy atom. The third kappa shape index (κ3) is 4.52. The van der Waals surface area contributed by atoms with Crippen LogP contribution in [0.25, 0.3) is 11.4 Å². The van der Waals surface area contributed by atoms with Gasteiger partial charge in [-0.15, -0.1) is 0 Å². The second-order valence-electron chi connectivity index (χ2n) is 10.5. The van der Waals surface area contributed by atoms with Crippen LogP contribution >= 0.6 is 0 Å². The highest BCUT2D eigenvalue weighted by atomic mass is 16.5. The molecule has 0 bridgehead atoms. The Labute approximate surface area is 237 Å². The van der Waals surface area contributed by atoms with E-state index in [1.807, 2.05) is 47.3 Å². The van der Waals surface area contributed by atoms with Crippen LogP contribution in [-0.2, 0) is 16.1 Å². The van der Waals surface area contributed by atoms with E-state index >= 15 is 0 Å². The number of benzene rings is 1. The number of hydrogen-bond acceptors (Lipinski definition) is 9. The molecular formula is C30H30N8O3. The summed E-state index contributed by atoms with van der Waals surface area (Å²) in [7, 11) is 1.66. The molecule has 1 atom stereocenters. The molecule has 11 nitrogen and oxygen atoms in total. The van der Waals surface area contributed by atoms with Crippen molar-refractivity contribution in [1.29, 1.82) is 0 Å². The lowest BCUT2D eigenvalue weighted by Gasteiger charge is -2.33. The maximum atomic E-state index is 12.1. The van der Waals surface area contributed by atoms with Gasteiger partial charge in [-0.05, 0) is 54.7 Å². The summed E-state index contributed by atoms with van der Waals surface area (Å²) in [6.45, 7) is 2.66. The molecule has 7 rings (SSSR count). The summed E-state index contributed by atoms with van der Waals surface area (Å²) >= 11 is 0. The van der Waals surface area contributed by atoms with Gasteiger partial charge in [0, 0.05) is 36.6 Å². The number of amidine groups is 1. The second-order valence-corrected chi connectivity index (χ2v) is 10.5. The van der Waals surface area contributed by atoms with Crippen LogP contribution in [0.5, 0.6) is 5.75 Å². The van der Waals surface area contributed by atoms with E-state index in [4.69, 9.17) is 25.2 Å². The summed E-state index contributed by atoms with van der Waals surface area (Å²) in [4.78, 5) is 30.5. The SMILES string of the molecule is COc1ccc(Cn2cnc(-c3ccc(C4=NC=C5C(N6CCC[C@H]6C(N)=O)=COCC6=C5N4CC6)nc3)n2)cc1. The molecule has 3 aromatic rings. The van der Waals surface area contributed by atoms with Crippen LogP contribution in [0.3, 0.4) is 0 Å². The number of methoxy groups -OCH3 is 1. The molecule has 208 valence electrons. The molecular weight excluding hydrogens is 520 g/mol. The standard InChI is InChI=1S/C30H30N8O3/c1-40-22-7-4-19(5-8-22)15-36-18-34-29(35-36)20-6-9-24(32-13-20)30-33-14-23-26(37-11-2-3-25(37)28(31)39)17-41-16-21-10-12-38(30)27(21)23/h4-9,13-14,17-18,25H,2-3,10-12,15-16H2,1H3,(H2,31,39)/t25-/m0/s1. The first-order chi connectivity index (χ1) is 20.1. The van der Waals surface area contributed by atoms with Crippen molar-refractivity contribution in [3.8, 4) is 17.1 Å². The van der Waals surface area contributed by atoms with Gasteiger partial charge in [0.15, 0.2) is 11.7 Å². The molecule has 1 amide bonds. The highest BCUT2D eigenvalue weighted by molar-refractivity contribution is 6.01. The van der Waals surface area contributed by atoms with Gasteiger partial charge < -0.3 is 25.0 Å². The normalized spacial score (nSPS) is 19.7. The molecule has 4 aliphatic rings. The van der Waals surface area contributed by atoms with Gasteiger partial charge in [-0.3, -0.25) is 9.78 Å². The van der Waals surface area contributed by atoms with E-state index in [1.54, 1.807) is 25.9 Å². The maximum absolute atomic E-state index is 12.1. The Morgan fingerprint density at radius 1 is 1.15 bits per heavy atom. The molecule has 11 heteroatoms. The fourth-order valence-electron chi connectivity index (χ4n) is 5.94. The summed E-state index contributed by atoms with van der Waals surface area (Å²) in [5.41, 5.74) is 12.6. The van der Waals surface area contributed by atoms with Crippen molar-refractivity contribution in [1.82, 2.24) is 29.5 Å². The predicted octanol–water partition coefficient (Wildman–Crippen LogP) is 2.82. The molecule has 0 unspecified atom stereocenters. The first-order valence-corrected chi connectivity index (χ1v) is 13.7. The largest absolute Gasteiger partial charge is 0.497 e. The summed E-state index contributed by atoms with van der Waals surface area (Å²) in [5, 5.41) is 4.65. The monoisotopic (exact) mass is 550 g/mol. The van der Waals surface area contributed by atoms with Crippen LogP contribution in [0.4, 0.5) is 0 Å². The van der Waals surface area contributed by atoms with Crippen molar-refractivity contribution >= 4 is 11.7 Å². The summed E-state index contributed by atoms with van der Waals surface area (Å²) in [6.07, 6.45) is 9.69. The van der Waals surface area contributed by atoms with E-state index in [9.17, 15) is 4.79 Å². The molecule has 0 saturated carbocycles. The molecule has 2 aromatic heterocycles. The third-order valence-corrected chi connectivity index (χ3v) is 7.98. The Morgan fingerprint density at radius 3 is 2.80 bits per heavy atom. The Balaban J connectivity index is 1.13. The number of carbonyl (C=O) groups excluding carboxylic acids is 1. The number of hydrogen-bond donors (Lipinski definition) is 1. The smallest absolute Gasteiger partial charge is 0.240 e. The summed E-state index contributed by atoms with van der Waals surface area (Å²) in [5.74, 6) is 1.91. The van der Waals surface area contributed by atoms with E-state index in [0.29, 0.717) is 19.0 Å². The Kier molecular flexibility index (Phi) is 6.26. The van der Waals surface area contributed by atoms with Gasteiger partial charge in [-0.1, -0.05) is 12.1 Å². The zero-order valence-electron chi connectivity index (χ0n) is 22.7. The van der Waals surface area contributed by atoms with Crippen LogP contribution in [0.15, 0.2) is 88.9 Å². The number of aromatic nitrogens is 4. The Bertz CT molecular complexity index is 1620. The number of rotatable bonds is 7. The van der Waals surface area contributed by atoms with Crippen molar-refractivity contribution in [3.05, 3.63) is 95.2 Å². The van der Waals surface area contributed by atoms with E-state index in [-0.39, 0.29) is 11.9 Å². The lowest BCUT2D eigenvalue weighted by Crippen LogP contribution is -2.41. The highest BCUT2D eigenvalue weighted by Crippen LogP contribution is 2.41. The van der Waals surface area contributed by atoms with Gasteiger partial charge in [-0.25, -0.2) is 14.7 Å². The second kappa shape index (κ2) is 10.2. The molecule has 4 aliphatic heterocycles. The van der Waals surface area contributed by atoms with Gasteiger partial charge in [-0.2, -0.15) is 5.10 Å². The Hall–Kier alpha value is -4.93. The van der Waals surface area contributed by atoms with Crippen LogP contribution < -0.4 is 10.5 Å². The van der Waals surface area contributed by atoms with E-state index in [0.717, 1.165) is 77.7 Å². The van der Waals surface area contributed by atoms with Crippen LogP contribution in [0.2, 0.25) is 0 Å². The van der Waals surface area contributed by atoms with Crippen molar-refractivity contribution in [3.63, 3.8) is 0 Å². The molecule has 1 aromatic carbocycles. The average molecular weight is 551 g/mol. The number of aliphatic imine (C=N–C) groups is 1. The van der Waals surface area contributed by atoms with Crippen LogP contribution in [-0.4, -0.2) is 74.1 Å². The number of primary amides is 1. The van der Waals surface area contributed by atoms with E-state index in [2.05, 4.69) is 19.9 Å². The zero-order chi connectivity index (χ0) is 27.9. The quantitative estimate of drug-likeness (QED) is 0.476. The molecule has 0 aliphatic carbocycles. The summed E-state index contributed by atoms with van der Waals surface area (Å²) < 4.78 is 13.0. The number of pyridine rings is 1. The van der Waals surface area contributed by atoms with Crippen molar-refractivity contribution in [2.24, 2.45) is 10.7 Å². The first-order valence-electron chi connectivity index (χ1n) is 13.7. The van der Waals surface area contributed by atoms with Crippen molar-refractivity contribution < 1.29 is 14.3 Å². The summed E-state index contributed by atoms with van der Waals surface area (Å²) in [6, 6.07) is 11.5. The third-order valence-electron chi connectivity index (χ3n) is 7.98. The van der Waals surface area contributed by atoms with E-state index < -0.39 is 0 Å². The first kappa shape index (κ1) is 25.1. The molecule has 41 heavy (non-hydrogen) atoms. The van der Waals surface area contributed by atoms with Crippen molar-refractivity contribution in [2.45, 2.75) is 31.8 Å². The van der Waals surface area contributed by atoms with Gasteiger partial charge in [0.2, 0.25) is 5.91 Å². The minimum Gasteiger partial charge on any atom is -0.497 e. The lowest BCUT2D eigenvalue weighted by molar-refractivity contribution is -0.121. The molecule has 6 heterocycles. The number of carbonyl (C=O) groups is 1. The van der Waals surface area contributed by atoms with Crippen molar-refractivity contribution in [2.75, 3.05) is 26.8 Å². The maximum Gasteiger partial charge on any atom is 0.240 e. The minimum absolute atomic E-state index is 0.310. The average Bonchev–Trinajstić information content (AvgIpc) is 3.74. The molecule has 0 spiro atoms. The van der Waals surface area contributed by atoms with Gasteiger partial charge in [0.05, 0.1) is 25.0 Å².